The van der Waals surface area contributed by atoms with Crippen molar-refractivity contribution in [3.63, 3.8) is 0 Å². The van der Waals surface area contributed by atoms with Crippen LogP contribution in [0.15, 0.2) is 36.4 Å². The number of amides is 1. The van der Waals surface area contributed by atoms with Gasteiger partial charge >= 0.3 is 0 Å². The first kappa shape index (κ1) is 26.7. The second-order valence-corrected chi connectivity index (χ2v) is 10.9. The van der Waals surface area contributed by atoms with Gasteiger partial charge in [-0.05, 0) is 43.2 Å². The number of benzene rings is 2. The zero-order chi connectivity index (χ0) is 24.5. The smallest absolute Gasteiger partial charge is 0.270 e. The van der Waals surface area contributed by atoms with Crippen molar-refractivity contribution in [1.29, 1.82) is 0 Å². The molecule has 190 valence electrons. The van der Waals surface area contributed by atoms with E-state index in [9.17, 15) is 14.9 Å². The predicted molar refractivity (Wildman–Crippen MR) is 149 cm³/mol. The lowest BCUT2D eigenvalue weighted by Crippen LogP contribution is -2.39. The van der Waals surface area contributed by atoms with E-state index in [0.29, 0.717) is 27.0 Å². The fourth-order valence-corrected chi connectivity index (χ4v) is 6.34. The van der Waals surface area contributed by atoms with Gasteiger partial charge in [0.2, 0.25) is 0 Å². The number of thiazole rings is 1. The van der Waals surface area contributed by atoms with Crippen LogP contribution in [0.25, 0.3) is 20.3 Å². The van der Waals surface area contributed by atoms with Crippen LogP contribution in [-0.4, -0.2) is 60.1 Å². The van der Waals surface area contributed by atoms with E-state index in [4.69, 9.17) is 21.3 Å². The van der Waals surface area contributed by atoms with Gasteiger partial charge in [0, 0.05) is 53.4 Å². The number of aryl methyl sites for hydroxylation is 1. The molecule has 0 radical (unpaired) electrons. The number of hydrogen-bond acceptors (Lipinski definition) is 8. The van der Waals surface area contributed by atoms with Gasteiger partial charge in [-0.3, -0.25) is 24.7 Å². The van der Waals surface area contributed by atoms with E-state index >= 15 is 0 Å². The van der Waals surface area contributed by atoms with Gasteiger partial charge in [-0.25, -0.2) is 4.98 Å². The number of thiophene rings is 1. The number of non-ortho nitro benzene ring substituents is 1. The topological polar surface area (TPSA) is 88.8 Å². The highest BCUT2D eigenvalue weighted by atomic mass is 35.5. The summed E-state index contributed by atoms with van der Waals surface area (Å²) >= 11 is 9.11. The number of fused-ring (bicyclic) bond motifs is 2. The lowest BCUT2D eigenvalue weighted by atomic mass is 10.2. The predicted octanol–water partition coefficient (Wildman–Crippen LogP) is 6.17. The molecule has 0 spiro atoms. The number of carbonyl (C=O) groups is 1. The van der Waals surface area contributed by atoms with Crippen LogP contribution in [0.3, 0.4) is 0 Å². The fourth-order valence-electron chi connectivity index (χ4n) is 4.15. The molecule has 1 fully saturated rings. The lowest BCUT2D eigenvalue weighted by molar-refractivity contribution is -0.384. The minimum atomic E-state index is -0.425. The Morgan fingerprint density at radius 3 is 2.69 bits per heavy atom. The van der Waals surface area contributed by atoms with Crippen LogP contribution in [0.1, 0.15) is 21.7 Å². The summed E-state index contributed by atoms with van der Waals surface area (Å²) in [6.07, 6.45) is 0.789. The molecule has 36 heavy (non-hydrogen) atoms. The van der Waals surface area contributed by atoms with E-state index in [1.54, 1.807) is 17.0 Å². The number of halogens is 2. The Kier molecular flexibility index (Phi) is 8.44. The third kappa shape index (κ3) is 5.49. The Labute approximate surface area is 227 Å². The number of nitro benzene ring substituents is 1. The van der Waals surface area contributed by atoms with Gasteiger partial charge in [0.25, 0.3) is 11.6 Å². The van der Waals surface area contributed by atoms with Crippen LogP contribution in [0.5, 0.6) is 0 Å². The highest BCUT2D eigenvalue weighted by molar-refractivity contribution is 7.23. The second-order valence-electron chi connectivity index (χ2n) is 8.37. The van der Waals surface area contributed by atoms with Crippen LogP contribution in [0.2, 0.25) is 5.02 Å². The summed E-state index contributed by atoms with van der Waals surface area (Å²) in [6, 6.07) is 10.2. The van der Waals surface area contributed by atoms with Crippen molar-refractivity contribution in [1.82, 2.24) is 9.88 Å². The zero-order valence-corrected chi connectivity index (χ0v) is 22.6. The quantitative estimate of drug-likeness (QED) is 0.196. The van der Waals surface area contributed by atoms with E-state index in [1.807, 2.05) is 19.1 Å². The Balaban J connectivity index is 0.00000304. The summed E-state index contributed by atoms with van der Waals surface area (Å²) < 4.78 is 7.24. The molecule has 3 heterocycles. The Morgan fingerprint density at radius 2 is 1.94 bits per heavy atom. The van der Waals surface area contributed by atoms with Crippen LogP contribution in [-0.2, 0) is 4.74 Å². The Hall–Kier alpha value is -2.34. The van der Waals surface area contributed by atoms with Crippen molar-refractivity contribution < 1.29 is 14.5 Å². The van der Waals surface area contributed by atoms with Crippen molar-refractivity contribution in [2.24, 2.45) is 0 Å². The van der Waals surface area contributed by atoms with Gasteiger partial charge in [-0.15, -0.1) is 23.7 Å². The summed E-state index contributed by atoms with van der Waals surface area (Å²) in [7, 11) is 0. The number of morpholine rings is 1. The number of rotatable bonds is 7. The molecule has 1 saturated heterocycles. The van der Waals surface area contributed by atoms with E-state index < -0.39 is 4.92 Å². The largest absolute Gasteiger partial charge is 0.379 e. The SMILES string of the molecule is Cc1c(Cl)ccc2sc(N(CCCN3CCOCC3)C(=O)c3cc4cc([N+](=O)[O-])ccc4s3)nc12.Cl. The molecule has 4 aromatic rings. The summed E-state index contributed by atoms with van der Waals surface area (Å²) in [4.78, 5) is 33.9. The molecule has 5 rings (SSSR count). The van der Waals surface area contributed by atoms with Crippen molar-refractivity contribution >= 4 is 83.7 Å². The van der Waals surface area contributed by atoms with Crippen molar-refractivity contribution in [3.05, 3.63) is 62.0 Å². The van der Waals surface area contributed by atoms with Gasteiger partial charge in [-0.1, -0.05) is 22.9 Å². The third-order valence-electron chi connectivity index (χ3n) is 6.09. The highest BCUT2D eigenvalue weighted by Crippen LogP contribution is 2.36. The van der Waals surface area contributed by atoms with Gasteiger partial charge in [0.1, 0.15) is 0 Å². The van der Waals surface area contributed by atoms with Gasteiger partial charge < -0.3 is 4.74 Å². The van der Waals surface area contributed by atoms with Crippen LogP contribution < -0.4 is 4.90 Å². The molecular weight excluding hydrogens is 543 g/mol. The van der Waals surface area contributed by atoms with Gasteiger partial charge in [0.05, 0.1) is 33.2 Å². The molecule has 1 aliphatic heterocycles. The number of aromatic nitrogens is 1. The summed E-state index contributed by atoms with van der Waals surface area (Å²) in [6.45, 7) is 6.54. The minimum absolute atomic E-state index is 0. The van der Waals surface area contributed by atoms with Crippen LogP contribution in [0, 0.1) is 17.0 Å². The summed E-state index contributed by atoms with van der Waals surface area (Å²) in [5.74, 6) is -0.154. The average molecular weight is 568 g/mol. The highest BCUT2D eigenvalue weighted by Gasteiger charge is 2.24. The summed E-state index contributed by atoms with van der Waals surface area (Å²) in [5.41, 5.74) is 1.70. The normalized spacial score (nSPS) is 14.2. The minimum Gasteiger partial charge on any atom is -0.379 e. The fraction of sp³-hybridized carbons (Fsp3) is 0.333. The van der Waals surface area contributed by atoms with E-state index in [0.717, 1.165) is 59.7 Å². The zero-order valence-electron chi connectivity index (χ0n) is 19.4. The molecule has 8 nitrogen and oxygen atoms in total. The molecule has 1 aliphatic rings. The molecule has 1 amide bonds. The molecule has 0 N–H and O–H groups in total. The lowest BCUT2D eigenvalue weighted by Gasteiger charge is -2.27. The molecule has 0 aliphatic carbocycles. The molecule has 0 atom stereocenters. The van der Waals surface area contributed by atoms with Crippen molar-refractivity contribution in [2.45, 2.75) is 13.3 Å². The molecule has 0 bridgehead atoms. The first-order chi connectivity index (χ1) is 16.9. The van der Waals surface area contributed by atoms with Crippen molar-refractivity contribution in [2.75, 3.05) is 44.3 Å². The molecule has 0 unspecified atom stereocenters. The summed E-state index contributed by atoms with van der Waals surface area (Å²) in [5, 5.41) is 13.1. The Morgan fingerprint density at radius 1 is 1.19 bits per heavy atom. The average Bonchev–Trinajstić information content (AvgIpc) is 3.49. The molecular formula is C24H24Cl2N4O4S2. The molecule has 2 aromatic heterocycles. The number of nitrogens with zero attached hydrogens (tertiary/aromatic N) is 4. The van der Waals surface area contributed by atoms with Crippen LogP contribution >= 0.6 is 46.7 Å². The number of nitro groups is 1. The maximum absolute atomic E-state index is 13.8. The maximum Gasteiger partial charge on any atom is 0.270 e. The first-order valence-electron chi connectivity index (χ1n) is 11.3. The maximum atomic E-state index is 13.8. The van der Waals surface area contributed by atoms with Crippen molar-refractivity contribution in [3.8, 4) is 0 Å². The van der Waals surface area contributed by atoms with E-state index in [2.05, 4.69) is 4.90 Å². The second kappa shape index (κ2) is 11.4. The Bertz CT molecular complexity index is 1420. The number of hydrogen-bond donors (Lipinski definition) is 0. The molecule has 2 aromatic carbocycles. The third-order valence-corrected chi connectivity index (χ3v) is 8.65. The van der Waals surface area contributed by atoms with Gasteiger partial charge in [-0.2, -0.15) is 0 Å². The molecule has 0 saturated carbocycles. The number of ether oxygens (including phenoxy) is 1. The first-order valence-corrected chi connectivity index (χ1v) is 13.3. The molecule has 12 heteroatoms. The monoisotopic (exact) mass is 566 g/mol. The number of anilines is 1. The standard InChI is InChI=1S/C24H23ClN4O4S2.ClH/c1-15-18(25)4-6-20-22(15)26-24(35-20)28(8-2-7-27-9-11-33-12-10-27)23(30)21-14-16-13-17(29(31)32)3-5-19(16)34-21;/h3-6,13-14H,2,7-12H2,1H3;1H. The van der Waals surface area contributed by atoms with E-state index in [-0.39, 0.29) is 24.0 Å². The van der Waals surface area contributed by atoms with E-state index in [1.165, 1.54) is 34.8 Å². The van der Waals surface area contributed by atoms with Crippen LogP contribution in [0.4, 0.5) is 10.8 Å². The number of carbonyl (C=O) groups excluding carboxylic acids is 1. The van der Waals surface area contributed by atoms with Gasteiger partial charge in [0.15, 0.2) is 5.13 Å².